The smallest absolute Gasteiger partial charge is 0.305 e. The van der Waals surface area contributed by atoms with Gasteiger partial charge in [0.15, 0.2) is 0 Å². The van der Waals surface area contributed by atoms with Gasteiger partial charge in [-0.05, 0) is 24.6 Å². The molecule has 2 heterocycles. The van der Waals surface area contributed by atoms with Gasteiger partial charge in [0, 0.05) is 37.0 Å². The van der Waals surface area contributed by atoms with Crippen LogP contribution in [-0.2, 0) is 0 Å². The van der Waals surface area contributed by atoms with Crippen molar-refractivity contribution in [2.75, 3.05) is 0 Å². The number of aryl methyl sites for hydroxylation is 1. The zero-order chi connectivity index (χ0) is 18.0. The average molecular weight is 337 g/mol. The fourth-order valence-electron chi connectivity index (χ4n) is 2.40. The lowest BCUT2D eigenvalue weighted by molar-refractivity contribution is -0.634. The summed E-state index contributed by atoms with van der Waals surface area (Å²) in [6.07, 6.45) is 4.14. The normalized spacial score (nSPS) is 11.1. The monoisotopic (exact) mass is 337 g/mol. The molecular formula is C17H15N5O3. The molecule has 0 aliphatic heterocycles. The van der Waals surface area contributed by atoms with Crippen LogP contribution in [0.3, 0.4) is 0 Å². The van der Waals surface area contributed by atoms with Gasteiger partial charge in [-0.2, -0.15) is 14.6 Å². The number of fused-ring (bicyclic) bond motifs is 1. The molecule has 0 aliphatic carbocycles. The summed E-state index contributed by atoms with van der Waals surface area (Å²) in [6.45, 7) is 3.35. The molecule has 8 heteroatoms. The molecule has 1 N–H and O–H groups in total. The number of benzene rings is 1. The Hall–Kier alpha value is -3.55. The maximum Gasteiger partial charge on any atom is 0.305 e. The van der Waals surface area contributed by atoms with Gasteiger partial charge in [-0.25, -0.2) is 5.43 Å². The van der Waals surface area contributed by atoms with Crippen LogP contribution in [0.4, 0.5) is 0 Å². The first-order chi connectivity index (χ1) is 12.0. The van der Waals surface area contributed by atoms with Crippen LogP contribution in [0.25, 0.3) is 11.0 Å². The molecule has 0 radical (unpaired) electrons. The van der Waals surface area contributed by atoms with Gasteiger partial charge < -0.3 is 10.4 Å². The fraction of sp³-hybridized carbons (Fsp3) is 0.118. The first-order valence-electron chi connectivity index (χ1n) is 7.48. The van der Waals surface area contributed by atoms with E-state index in [0.29, 0.717) is 15.0 Å². The number of rotatable bonds is 3. The minimum absolute atomic E-state index is 0.0585. The molecule has 25 heavy (non-hydrogen) atoms. The molecule has 0 fully saturated rings. The van der Waals surface area contributed by atoms with E-state index in [0.717, 1.165) is 11.8 Å². The van der Waals surface area contributed by atoms with Crippen molar-refractivity contribution in [3.63, 3.8) is 0 Å². The number of carbonyl (C=O) groups excluding carboxylic acids is 1. The number of pyridine rings is 1. The van der Waals surface area contributed by atoms with E-state index >= 15 is 0 Å². The van der Waals surface area contributed by atoms with Crippen LogP contribution in [0.1, 0.15) is 27.3 Å². The predicted octanol–water partition coefficient (Wildman–Crippen LogP) is 0.882. The molecule has 1 amide bonds. The standard InChI is InChI=1S/C17H15N5O3/c1-11-3-4-14-15(9-11)22(25)16(12(2)21(14)24)10-19-20-17(23)13-5-7-18-8-6-13/h3-10H,1-2H3,(H,20,23)/b19-10+. The molecule has 3 rings (SSSR count). The van der Waals surface area contributed by atoms with E-state index < -0.39 is 5.91 Å². The Morgan fingerprint density at radius 2 is 1.84 bits per heavy atom. The Morgan fingerprint density at radius 3 is 2.56 bits per heavy atom. The number of aromatic nitrogens is 3. The van der Waals surface area contributed by atoms with Crippen molar-refractivity contribution < 1.29 is 14.3 Å². The highest BCUT2D eigenvalue weighted by Crippen LogP contribution is 2.10. The maximum atomic E-state index is 12.6. The van der Waals surface area contributed by atoms with Crippen molar-refractivity contribution in [1.29, 1.82) is 0 Å². The average Bonchev–Trinajstić information content (AvgIpc) is 2.63. The van der Waals surface area contributed by atoms with E-state index in [1.165, 1.54) is 31.5 Å². The number of hydrogen-bond acceptors (Lipinski definition) is 5. The van der Waals surface area contributed by atoms with Crippen LogP contribution in [-0.4, -0.2) is 17.1 Å². The molecule has 0 atom stereocenters. The topological polar surface area (TPSA) is 108 Å². The van der Waals surface area contributed by atoms with E-state index in [2.05, 4.69) is 15.5 Å². The minimum Gasteiger partial charge on any atom is -0.618 e. The van der Waals surface area contributed by atoms with Crippen LogP contribution in [0, 0.1) is 24.3 Å². The molecular weight excluding hydrogens is 322 g/mol. The summed E-state index contributed by atoms with van der Waals surface area (Å²) in [5.41, 5.74) is 4.32. The number of hydrazone groups is 1. The molecule has 3 aromatic rings. The summed E-state index contributed by atoms with van der Waals surface area (Å²) in [6, 6.07) is 8.07. The molecule has 0 spiro atoms. The summed E-state index contributed by atoms with van der Waals surface area (Å²) < 4.78 is 1.31. The molecule has 0 unspecified atom stereocenters. The van der Waals surface area contributed by atoms with Crippen molar-refractivity contribution in [1.82, 2.24) is 10.4 Å². The summed E-state index contributed by atoms with van der Waals surface area (Å²) >= 11 is 0. The van der Waals surface area contributed by atoms with E-state index in [-0.39, 0.29) is 22.4 Å². The molecule has 1 aromatic carbocycles. The van der Waals surface area contributed by atoms with Crippen molar-refractivity contribution in [2.45, 2.75) is 13.8 Å². The Bertz CT molecular complexity index is 987. The van der Waals surface area contributed by atoms with Gasteiger partial charge in [-0.1, -0.05) is 6.07 Å². The van der Waals surface area contributed by atoms with Gasteiger partial charge in [0.1, 0.15) is 6.21 Å². The van der Waals surface area contributed by atoms with E-state index in [9.17, 15) is 15.2 Å². The maximum absolute atomic E-state index is 12.6. The van der Waals surface area contributed by atoms with Crippen molar-refractivity contribution in [3.8, 4) is 0 Å². The SMILES string of the molecule is Cc1ccc2c(c1)[n+]([O-])c(/C=N/NC(=O)c1ccncc1)c(C)[n+]2[O-]. The molecule has 0 saturated heterocycles. The van der Waals surface area contributed by atoms with Crippen LogP contribution in [0.5, 0.6) is 0 Å². The summed E-state index contributed by atoms with van der Waals surface area (Å²) in [5, 5.41) is 28.7. The number of nitrogens with one attached hydrogen (secondary N) is 1. The lowest BCUT2D eigenvalue weighted by Crippen LogP contribution is -2.45. The highest BCUT2D eigenvalue weighted by molar-refractivity contribution is 5.94. The van der Waals surface area contributed by atoms with Gasteiger partial charge in [-0.3, -0.25) is 9.78 Å². The van der Waals surface area contributed by atoms with E-state index in [1.807, 2.05) is 6.92 Å². The van der Waals surface area contributed by atoms with Gasteiger partial charge in [0.25, 0.3) is 22.6 Å². The second-order valence-corrected chi connectivity index (χ2v) is 5.49. The summed E-state index contributed by atoms with van der Waals surface area (Å²) in [7, 11) is 0. The second kappa shape index (κ2) is 6.52. The van der Waals surface area contributed by atoms with Gasteiger partial charge in [-0.15, -0.1) is 0 Å². The Morgan fingerprint density at radius 1 is 1.12 bits per heavy atom. The Kier molecular flexibility index (Phi) is 4.25. The first kappa shape index (κ1) is 16.3. The predicted molar refractivity (Wildman–Crippen MR) is 90.6 cm³/mol. The second-order valence-electron chi connectivity index (χ2n) is 5.49. The van der Waals surface area contributed by atoms with Gasteiger partial charge in [0.2, 0.25) is 0 Å². The molecule has 0 saturated carbocycles. The molecule has 126 valence electrons. The highest BCUT2D eigenvalue weighted by atomic mass is 16.5. The summed E-state index contributed by atoms with van der Waals surface area (Å²) in [4.78, 5) is 15.7. The Labute approximate surface area is 143 Å². The first-order valence-corrected chi connectivity index (χ1v) is 7.48. The minimum atomic E-state index is -0.444. The zero-order valence-corrected chi connectivity index (χ0v) is 13.6. The number of amides is 1. The van der Waals surface area contributed by atoms with Crippen LogP contribution in [0.15, 0.2) is 47.8 Å². The van der Waals surface area contributed by atoms with Gasteiger partial charge >= 0.3 is 5.69 Å². The molecule has 8 nitrogen and oxygen atoms in total. The Balaban J connectivity index is 1.94. The van der Waals surface area contributed by atoms with E-state index in [4.69, 9.17) is 0 Å². The summed E-state index contributed by atoms with van der Waals surface area (Å²) in [5.74, 6) is -0.444. The van der Waals surface area contributed by atoms with Crippen molar-refractivity contribution in [2.24, 2.45) is 5.10 Å². The highest BCUT2D eigenvalue weighted by Gasteiger charge is 2.23. The third kappa shape index (κ3) is 3.09. The molecule has 0 aliphatic rings. The van der Waals surface area contributed by atoms with Crippen molar-refractivity contribution in [3.05, 3.63) is 75.7 Å². The zero-order valence-electron chi connectivity index (χ0n) is 13.6. The van der Waals surface area contributed by atoms with Gasteiger partial charge in [0.05, 0.1) is 0 Å². The quantitative estimate of drug-likeness (QED) is 0.331. The van der Waals surface area contributed by atoms with E-state index in [1.54, 1.807) is 18.2 Å². The lowest BCUT2D eigenvalue weighted by Gasteiger charge is -2.09. The number of carbonyl (C=O) groups is 1. The third-order valence-corrected chi connectivity index (χ3v) is 3.76. The van der Waals surface area contributed by atoms with Crippen LogP contribution in [0.2, 0.25) is 0 Å². The number of hydrogen-bond donors (Lipinski definition) is 1. The van der Waals surface area contributed by atoms with Crippen LogP contribution < -0.4 is 14.9 Å². The lowest BCUT2D eigenvalue weighted by atomic mass is 10.2. The van der Waals surface area contributed by atoms with Crippen LogP contribution >= 0.6 is 0 Å². The third-order valence-electron chi connectivity index (χ3n) is 3.76. The molecule has 2 aromatic heterocycles. The number of nitrogens with zero attached hydrogens (tertiary/aromatic N) is 4. The molecule has 0 bridgehead atoms. The largest absolute Gasteiger partial charge is 0.618 e. The fourth-order valence-corrected chi connectivity index (χ4v) is 2.40. The van der Waals surface area contributed by atoms with Crippen molar-refractivity contribution >= 4 is 23.2 Å².